The van der Waals surface area contributed by atoms with Gasteiger partial charge in [0.2, 0.25) is 0 Å². The zero-order valence-corrected chi connectivity index (χ0v) is 27.5. The number of hydrogen-bond acceptors (Lipinski definition) is 6. The zero-order chi connectivity index (χ0) is 32.1. The standard InChI is InChI=1S/C43H24N2O2S2/c1-2-10-25(11-3-1)43-44-33-24-34(41-40(42(33)49-43)32-14-5-8-16-36(32)47-41)45(26-18-20-29-28-12-4-7-15-35(28)46-37(29)22-26)27-19-21-31-30-13-6-9-17-38(30)48-39(31)23-27/h1-24H. The number of aromatic nitrogens is 1. The molecule has 6 heteroatoms. The van der Waals surface area contributed by atoms with Crippen molar-refractivity contribution in [3.8, 4) is 10.6 Å². The van der Waals surface area contributed by atoms with Crippen LogP contribution in [0, 0.1) is 0 Å². The first-order valence-electron chi connectivity index (χ1n) is 16.2. The van der Waals surface area contributed by atoms with Crippen molar-refractivity contribution in [2.45, 2.75) is 0 Å². The molecule has 0 unspecified atom stereocenters. The normalized spacial score (nSPS) is 12.1. The van der Waals surface area contributed by atoms with Crippen LogP contribution in [0.3, 0.4) is 0 Å². The quantitative estimate of drug-likeness (QED) is 0.188. The van der Waals surface area contributed by atoms with Crippen LogP contribution in [0.25, 0.3) is 84.8 Å². The molecule has 11 aromatic rings. The van der Waals surface area contributed by atoms with Gasteiger partial charge in [-0.25, -0.2) is 4.98 Å². The van der Waals surface area contributed by atoms with Crippen LogP contribution in [0.1, 0.15) is 0 Å². The number of fused-ring (bicyclic) bond motifs is 11. The summed E-state index contributed by atoms with van der Waals surface area (Å²) in [5, 5.41) is 7.90. The maximum atomic E-state index is 6.82. The van der Waals surface area contributed by atoms with E-state index in [4.69, 9.17) is 13.8 Å². The van der Waals surface area contributed by atoms with E-state index >= 15 is 0 Å². The van der Waals surface area contributed by atoms with E-state index in [1.54, 1.807) is 11.3 Å². The average Bonchev–Trinajstić information content (AvgIpc) is 3.93. The molecular weight excluding hydrogens is 641 g/mol. The minimum Gasteiger partial charge on any atom is -0.456 e. The van der Waals surface area contributed by atoms with Crippen molar-refractivity contribution in [2.75, 3.05) is 4.90 Å². The van der Waals surface area contributed by atoms with Crippen LogP contribution < -0.4 is 4.90 Å². The summed E-state index contributed by atoms with van der Waals surface area (Å²) in [5.41, 5.74) is 8.40. The van der Waals surface area contributed by atoms with Crippen molar-refractivity contribution in [1.82, 2.24) is 4.98 Å². The highest BCUT2D eigenvalue weighted by Crippen LogP contribution is 2.49. The van der Waals surface area contributed by atoms with E-state index in [1.165, 1.54) is 20.2 Å². The second-order valence-corrected chi connectivity index (χ2v) is 14.4. The van der Waals surface area contributed by atoms with Crippen LogP contribution in [-0.4, -0.2) is 4.98 Å². The van der Waals surface area contributed by atoms with Gasteiger partial charge in [0.15, 0.2) is 5.58 Å². The van der Waals surface area contributed by atoms with Gasteiger partial charge in [-0.2, -0.15) is 0 Å². The van der Waals surface area contributed by atoms with Gasteiger partial charge in [0, 0.05) is 59.0 Å². The number of thiazole rings is 1. The molecule has 0 bridgehead atoms. The van der Waals surface area contributed by atoms with Gasteiger partial charge >= 0.3 is 0 Å². The molecule has 0 aliphatic carbocycles. The summed E-state index contributed by atoms with van der Waals surface area (Å²) in [7, 11) is 0. The molecular formula is C43H24N2O2S2. The fourth-order valence-corrected chi connectivity index (χ4v) is 9.50. The Morgan fingerprint density at radius 3 is 2.00 bits per heavy atom. The number of hydrogen-bond donors (Lipinski definition) is 0. The molecule has 0 aliphatic rings. The molecule has 0 saturated heterocycles. The summed E-state index contributed by atoms with van der Waals surface area (Å²) in [6.45, 7) is 0. The summed E-state index contributed by atoms with van der Waals surface area (Å²) in [5.74, 6) is 0. The Balaban J connectivity index is 1.23. The van der Waals surface area contributed by atoms with Gasteiger partial charge in [-0.05, 0) is 48.5 Å². The third kappa shape index (κ3) is 4.05. The van der Waals surface area contributed by atoms with Gasteiger partial charge in [0.25, 0.3) is 0 Å². The lowest BCUT2D eigenvalue weighted by molar-refractivity contribution is 0.667. The minimum atomic E-state index is 0.832. The minimum absolute atomic E-state index is 0.832. The lowest BCUT2D eigenvalue weighted by Gasteiger charge is -2.25. The van der Waals surface area contributed by atoms with Gasteiger partial charge in [-0.3, -0.25) is 0 Å². The molecule has 0 aliphatic heterocycles. The summed E-state index contributed by atoms with van der Waals surface area (Å²) in [6, 6.07) is 51.1. The summed E-state index contributed by atoms with van der Waals surface area (Å²) >= 11 is 3.54. The van der Waals surface area contributed by atoms with E-state index in [0.717, 1.165) is 81.7 Å². The fourth-order valence-electron chi connectivity index (χ4n) is 7.26. The van der Waals surface area contributed by atoms with Gasteiger partial charge < -0.3 is 13.7 Å². The first-order valence-corrected chi connectivity index (χ1v) is 17.8. The Kier molecular flexibility index (Phi) is 5.67. The van der Waals surface area contributed by atoms with Crippen molar-refractivity contribution in [3.63, 3.8) is 0 Å². The highest BCUT2D eigenvalue weighted by molar-refractivity contribution is 7.25. The average molecular weight is 665 g/mol. The van der Waals surface area contributed by atoms with Crippen LogP contribution in [0.15, 0.2) is 154 Å². The number of nitrogens with zero attached hydrogens (tertiary/aromatic N) is 2. The highest BCUT2D eigenvalue weighted by atomic mass is 32.1. The van der Waals surface area contributed by atoms with Crippen molar-refractivity contribution in [1.29, 1.82) is 0 Å². The number of anilines is 3. The molecule has 0 radical (unpaired) electrons. The molecule has 4 aromatic heterocycles. The maximum Gasteiger partial charge on any atom is 0.160 e. The van der Waals surface area contributed by atoms with Crippen molar-refractivity contribution in [2.24, 2.45) is 0 Å². The van der Waals surface area contributed by atoms with E-state index in [2.05, 4.69) is 126 Å². The molecule has 0 amide bonds. The molecule has 49 heavy (non-hydrogen) atoms. The second-order valence-electron chi connectivity index (χ2n) is 12.3. The van der Waals surface area contributed by atoms with E-state index < -0.39 is 0 Å². The molecule has 0 fully saturated rings. The lowest BCUT2D eigenvalue weighted by atomic mass is 10.1. The van der Waals surface area contributed by atoms with Crippen molar-refractivity contribution < 1.29 is 8.83 Å². The van der Waals surface area contributed by atoms with Crippen LogP contribution in [0.5, 0.6) is 0 Å². The molecule has 0 saturated carbocycles. The molecule has 230 valence electrons. The Hall–Kier alpha value is -5.95. The first kappa shape index (κ1) is 27.0. The van der Waals surface area contributed by atoms with E-state index in [0.29, 0.717) is 0 Å². The fraction of sp³-hybridized carbons (Fsp3) is 0. The van der Waals surface area contributed by atoms with Crippen LogP contribution in [0.2, 0.25) is 0 Å². The van der Waals surface area contributed by atoms with Gasteiger partial charge in [-0.15, -0.1) is 22.7 Å². The number of para-hydroxylation sites is 2. The van der Waals surface area contributed by atoms with Crippen LogP contribution in [-0.2, 0) is 0 Å². The molecule has 4 heterocycles. The Morgan fingerprint density at radius 2 is 1.14 bits per heavy atom. The summed E-state index contributed by atoms with van der Waals surface area (Å²) in [6.07, 6.45) is 0. The molecule has 0 spiro atoms. The lowest BCUT2D eigenvalue weighted by Crippen LogP contribution is -2.10. The van der Waals surface area contributed by atoms with Gasteiger partial charge in [-0.1, -0.05) is 91.0 Å². The zero-order valence-electron chi connectivity index (χ0n) is 25.9. The summed E-state index contributed by atoms with van der Waals surface area (Å²) in [4.78, 5) is 7.55. The van der Waals surface area contributed by atoms with Gasteiger partial charge in [0.05, 0.1) is 21.6 Å². The number of furan rings is 2. The van der Waals surface area contributed by atoms with E-state index in [1.807, 2.05) is 35.6 Å². The van der Waals surface area contributed by atoms with Crippen LogP contribution >= 0.6 is 22.7 Å². The third-order valence-corrected chi connectivity index (χ3v) is 11.8. The molecule has 0 N–H and O–H groups in total. The predicted molar refractivity (Wildman–Crippen MR) is 207 cm³/mol. The van der Waals surface area contributed by atoms with Crippen molar-refractivity contribution in [3.05, 3.63) is 146 Å². The maximum absolute atomic E-state index is 6.82. The Morgan fingerprint density at radius 1 is 0.490 bits per heavy atom. The number of thiophene rings is 1. The second kappa shape index (κ2) is 10.3. The van der Waals surface area contributed by atoms with E-state index in [-0.39, 0.29) is 0 Å². The van der Waals surface area contributed by atoms with Gasteiger partial charge in [0.1, 0.15) is 21.8 Å². The predicted octanol–water partition coefficient (Wildman–Crippen LogP) is 13.6. The first-order chi connectivity index (χ1) is 24.3. The smallest absolute Gasteiger partial charge is 0.160 e. The largest absolute Gasteiger partial charge is 0.456 e. The van der Waals surface area contributed by atoms with Crippen LogP contribution in [0.4, 0.5) is 17.1 Å². The highest BCUT2D eigenvalue weighted by Gasteiger charge is 2.25. The molecule has 7 aromatic carbocycles. The number of benzene rings is 7. The molecule has 0 atom stereocenters. The summed E-state index contributed by atoms with van der Waals surface area (Å²) < 4.78 is 16.9. The Bertz CT molecular complexity index is 2960. The molecule has 11 rings (SSSR count). The monoisotopic (exact) mass is 664 g/mol. The van der Waals surface area contributed by atoms with E-state index in [9.17, 15) is 0 Å². The topological polar surface area (TPSA) is 42.4 Å². The number of rotatable bonds is 4. The SMILES string of the molecule is c1ccc(-c2nc3cc(N(c4ccc5c(c4)oc4ccccc45)c4ccc5c(c4)sc4ccccc45)c4oc5ccccc5c4c3s2)cc1. The Labute approximate surface area is 287 Å². The molecule has 4 nitrogen and oxygen atoms in total. The van der Waals surface area contributed by atoms with Crippen molar-refractivity contribution >= 4 is 114 Å². The third-order valence-electron chi connectivity index (χ3n) is 9.48.